The molecule has 0 aliphatic carbocycles. The highest BCUT2D eigenvalue weighted by molar-refractivity contribution is 4.73. The van der Waals surface area contributed by atoms with Gasteiger partial charge in [-0.05, 0) is 12.8 Å². The zero-order chi connectivity index (χ0) is 27.3. The van der Waals surface area contributed by atoms with Gasteiger partial charge in [-0.1, -0.05) is 58.8 Å². The Balaban J connectivity index is 5.30. The summed E-state index contributed by atoms with van der Waals surface area (Å²) in [6.45, 7) is 10.0. The lowest BCUT2D eigenvalue weighted by Gasteiger charge is -2.40. The van der Waals surface area contributed by atoms with E-state index in [1.165, 1.54) is 32.1 Å². The molecule has 0 aromatic heterocycles. The summed E-state index contributed by atoms with van der Waals surface area (Å²) < 4.78 is 51.3. The highest BCUT2D eigenvalue weighted by Crippen LogP contribution is 2.34. The Kier molecular flexibility index (Phi) is 28.4. The molecule has 0 spiro atoms. The Hall–Kier alpha value is -0.360. The standard InChI is InChI=1S/C28H58O9/c1-6-8-9-10-11-12-14-27(13-7-2)28(35-24-21-32-18-15-29-3,36-25-22-33-19-16-30-4)37-26-23-34-20-17-31-5/h27H,6-26H2,1-5H3. The topological polar surface area (TPSA) is 83.1 Å². The summed E-state index contributed by atoms with van der Waals surface area (Å²) in [6.07, 6.45) is 10.3. The van der Waals surface area contributed by atoms with Crippen molar-refractivity contribution >= 4 is 0 Å². The number of hydrogen-bond donors (Lipinski definition) is 0. The summed E-state index contributed by atoms with van der Waals surface area (Å²) in [4.78, 5) is 0. The van der Waals surface area contributed by atoms with Crippen LogP contribution in [0.25, 0.3) is 0 Å². The number of ether oxygens (including phenoxy) is 9. The summed E-state index contributed by atoms with van der Waals surface area (Å²) in [5.74, 6) is -1.10. The Morgan fingerprint density at radius 3 is 1.24 bits per heavy atom. The van der Waals surface area contributed by atoms with Crippen molar-refractivity contribution in [3.63, 3.8) is 0 Å². The van der Waals surface area contributed by atoms with E-state index in [2.05, 4.69) is 13.8 Å². The molecule has 0 aliphatic rings. The summed E-state index contributed by atoms with van der Waals surface area (Å²) in [6, 6.07) is 0. The molecule has 1 unspecified atom stereocenters. The molecule has 0 saturated carbocycles. The van der Waals surface area contributed by atoms with Crippen molar-refractivity contribution in [2.75, 3.05) is 101 Å². The molecule has 0 radical (unpaired) electrons. The number of rotatable bonds is 31. The molecule has 0 heterocycles. The highest BCUT2D eigenvalue weighted by Gasteiger charge is 2.42. The molecule has 0 aromatic rings. The quantitative estimate of drug-likeness (QED) is 0.0909. The third-order valence-electron chi connectivity index (χ3n) is 5.93. The van der Waals surface area contributed by atoms with Crippen LogP contribution in [0.15, 0.2) is 0 Å². The lowest BCUT2D eigenvalue weighted by atomic mass is 9.93. The molecule has 0 amide bonds. The van der Waals surface area contributed by atoms with Crippen LogP contribution in [0, 0.1) is 5.92 Å². The zero-order valence-corrected chi connectivity index (χ0v) is 24.6. The molecule has 0 saturated heterocycles. The number of methoxy groups -OCH3 is 3. The first-order chi connectivity index (χ1) is 18.2. The summed E-state index contributed by atoms with van der Waals surface area (Å²) >= 11 is 0. The fourth-order valence-electron chi connectivity index (χ4n) is 3.96. The SMILES string of the molecule is CCCCCCCCC(CCC)C(OCCOCCOC)(OCCOCCOC)OCCOCCOC. The Labute approximate surface area is 227 Å². The molecule has 0 N–H and O–H groups in total. The van der Waals surface area contributed by atoms with Gasteiger partial charge in [-0.15, -0.1) is 0 Å². The zero-order valence-electron chi connectivity index (χ0n) is 24.6. The molecular weight excluding hydrogens is 480 g/mol. The van der Waals surface area contributed by atoms with Gasteiger partial charge in [0.15, 0.2) is 0 Å². The molecule has 0 fully saturated rings. The van der Waals surface area contributed by atoms with Crippen LogP contribution in [0.4, 0.5) is 0 Å². The van der Waals surface area contributed by atoms with E-state index in [1.807, 2.05) is 0 Å². The van der Waals surface area contributed by atoms with Crippen LogP contribution in [0.1, 0.15) is 71.6 Å². The van der Waals surface area contributed by atoms with Gasteiger partial charge >= 0.3 is 0 Å². The van der Waals surface area contributed by atoms with Gasteiger partial charge in [0, 0.05) is 27.2 Å². The van der Waals surface area contributed by atoms with E-state index in [0.29, 0.717) is 79.3 Å². The second kappa shape index (κ2) is 28.6. The maximum absolute atomic E-state index is 6.40. The first-order valence-corrected chi connectivity index (χ1v) is 14.3. The second-order valence-electron chi connectivity index (χ2n) is 9.01. The van der Waals surface area contributed by atoms with E-state index in [0.717, 1.165) is 25.7 Å². The molecule has 0 rings (SSSR count). The Morgan fingerprint density at radius 2 is 0.838 bits per heavy atom. The third-order valence-corrected chi connectivity index (χ3v) is 5.93. The lowest BCUT2D eigenvalue weighted by molar-refractivity contribution is -0.410. The van der Waals surface area contributed by atoms with Crippen LogP contribution in [0.5, 0.6) is 0 Å². The average molecular weight is 539 g/mol. The van der Waals surface area contributed by atoms with Crippen molar-refractivity contribution in [2.24, 2.45) is 5.92 Å². The molecule has 9 heteroatoms. The maximum Gasteiger partial charge on any atom is 0.286 e. The van der Waals surface area contributed by atoms with Crippen LogP contribution in [-0.2, 0) is 42.6 Å². The fraction of sp³-hybridized carbons (Fsp3) is 1.00. The van der Waals surface area contributed by atoms with Gasteiger partial charge in [0.2, 0.25) is 0 Å². The van der Waals surface area contributed by atoms with Crippen LogP contribution < -0.4 is 0 Å². The van der Waals surface area contributed by atoms with Gasteiger partial charge in [-0.2, -0.15) is 0 Å². The monoisotopic (exact) mass is 538 g/mol. The van der Waals surface area contributed by atoms with Crippen LogP contribution in [0.3, 0.4) is 0 Å². The predicted molar refractivity (Wildman–Crippen MR) is 145 cm³/mol. The van der Waals surface area contributed by atoms with E-state index >= 15 is 0 Å². The minimum absolute atomic E-state index is 0.0839. The van der Waals surface area contributed by atoms with Crippen molar-refractivity contribution < 1.29 is 42.6 Å². The molecule has 0 aliphatic heterocycles. The molecule has 9 nitrogen and oxygen atoms in total. The van der Waals surface area contributed by atoms with E-state index in [9.17, 15) is 0 Å². The summed E-state index contributed by atoms with van der Waals surface area (Å²) in [5, 5.41) is 0. The molecule has 224 valence electrons. The largest absolute Gasteiger partial charge is 0.382 e. The number of hydrogen-bond acceptors (Lipinski definition) is 9. The summed E-state index contributed by atoms with van der Waals surface area (Å²) in [7, 11) is 4.98. The van der Waals surface area contributed by atoms with E-state index in [1.54, 1.807) is 21.3 Å². The highest BCUT2D eigenvalue weighted by atomic mass is 16.9. The maximum atomic E-state index is 6.40. The normalized spacial score (nSPS) is 12.9. The summed E-state index contributed by atoms with van der Waals surface area (Å²) in [5.41, 5.74) is 0. The molecule has 1 atom stereocenters. The molecule has 0 bridgehead atoms. The van der Waals surface area contributed by atoms with Gasteiger partial charge in [-0.3, -0.25) is 0 Å². The Bertz CT molecular complexity index is 399. The van der Waals surface area contributed by atoms with Crippen LogP contribution in [0.2, 0.25) is 0 Å². The van der Waals surface area contributed by atoms with Gasteiger partial charge in [0.1, 0.15) is 0 Å². The van der Waals surface area contributed by atoms with Crippen molar-refractivity contribution in [1.82, 2.24) is 0 Å². The van der Waals surface area contributed by atoms with E-state index in [-0.39, 0.29) is 5.92 Å². The third kappa shape index (κ3) is 21.2. The molecule has 37 heavy (non-hydrogen) atoms. The minimum atomic E-state index is -1.18. The van der Waals surface area contributed by atoms with E-state index < -0.39 is 5.97 Å². The smallest absolute Gasteiger partial charge is 0.286 e. The van der Waals surface area contributed by atoms with Crippen molar-refractivity contribution in [1.29, 1.82) is 0 Å². The first kappa shape index (κ1) is 36.6. The van der Waals surface area contributed by atoms with E-state index in [4.69, 9.17) is 42.6 Å². The predicted octanol–water partition coefficient (Wildman–Crippen LogP) is 4.85. The van der Waals surface area contributed by atoms with Gasteiger partial charge in [0.05, 0.1) is 79.3 Å². The lowest BCUT2D eigenvalue weighted by Crippen LogP contribution is -2.48. The van der Waals surface area contributed by atoms with Gasteiger partial charge in [-0.25, -0.2) is 0 Å². The second-order valence-corrected chi connectivity index (χ2v) is 9.01. The fourth-order valence-corrected chi connectivity index (χ4v) is 3.96. The van der Waals surface area contributed by atoms with Gasteiger partial charge < -0.3 is 42.6 Å². The van der Waals surface area contributed by atoms with Crippen LogP contribution >= 0.6 is 0 Å². The van der Waals surface area contributed by atoms with Crippen molar-refractivity contribution in [2.45, 2.75) is 77.6 Å². The number of unbranched alkanes of at least 4 members (excludes halogenated alkanes) is 5. The van der Waals surface area contributed by atoms with Crippen LogP contribution in [-0.4, -0.2) is 107 Å². The first-order valence-electron chi connectivity index (χ1n) is 14.3. The Morgan fingerprint density at radius 1 is 0.432 bits per heavy atom. The molecule has 0 aromatic carbocycles. The van der Waals surface area contributed by atoms with Crippen molar-refractivity contribution in [3.8, 4) is 0 Å². The minimum Gasteiger partial charge on any atom is -0.382 e. The van der Waals surface area contributed by atoms with Gasteiger partial charge in [0.25, 0.3) is 5.97 Å². The average Bonchev–Trinajstić information content (AvgIpc) is 2.91. The van der Waals surface area contributed by atoms with Crippen molar-refractivity contribution in [3.05, 3.63) is 0 Å². The molecular formula is C28H58O9.